The molecule has 5 nitrogen and oxygen atoms in total. The molecule has 76 valence electrons. The van der Waals surface area contributed by atoms with Crippen molar-refractivity contribution in [2.75, 3.05) is 0 Å². The molecule has 2 N–H and O–H groups in total. The molecule has 14 heavy (non-hydrogen) atoms. The molecule has 0 aliphatic rings. The Morgan fingerprint density at radius 2 is 2.00 bits per heavy atom. The Balaban J connectivity index is 3.44. The Bertz CT molecular complexity index is 478. The van der Waals surface area contributed by atoms with E-state index in [1.165, 1.54) is 19.1 Å². The highest BCUT2D eigenvalue weighted by Gasteiger charge is 2.11. The van der Waals surface area contributed by atoms with Gasteiger partial charge in [0.15, 0.2) is 0 Å². The van der Waals surface area contributed by atoms with Gasteiger partial charge in [0.2, 0.25) is 10.0 Å². The first-order valence-corrected chi connectivity index (χ1v) is 5.22. The van der Waals surface area contributed by atoms with Gasteiger partial charge < -0.3 is 9.90 Å². The summed E-state index contributed by atoms with van der Waals surface area (Å²) in [6.45, 7) is 1.53. The summed E-state index contributed by atoms with van der Waals surface area (Å²) < 4.78 is 22.0. The van der Waals surface area contributed by atoms with Crippen LogP contribution in [-0.2, 0) is 10.0 Å². The van der Waals surface area contributed by atoms with Gasteiger partial charge in [-0.1, -0.05) is 12.1 Å². The van der Waals surface area contributed by atoms with Crippen molar-refractivity contribution in [3.8, 4) is 0 Å². The smallest absolute Gasteiger partial charge is 0.238 e. The van der Waals surface area contributed by atoms with E-state index in [-0.39, 0.29) is 10.5 Å². The molecule has 0 radical (unpaired) electrons. The summed E-state index contributed by atoms with van der Waals surface area (Å²) in [6.07, 6.45) is 0. The molecular weight excluding hydrogens is 206 g/mol. The Morgan fingerprint density at radius 1 is 1.43 bits per heavy atom. The zero-order valence-corrected chi connectivity index (χ0v) is 8.17. The third-order valence-corrected chi connectivity index (χ3v) is 2.78. The fourth-order valence-corrected chi connectivity index (χ4v) is 1.84. The number of sulfonamides is 1. The fraction of sp³-hybridized carbons (Fsp3) is 0.125. The van der Waals surface area contributed by atoms with E-state index in [9.17, 15) is 18.3 Å². The van der Waals surface area contributed by atoms with E-state index >= 15 is 0 Å². The van der Waals surface area contributed by atoms with Crippen LogP contribution >= 0.6 is 0 Å². The molecule has 0 amide bonds. The van der Waals surface area contributed by atoms with Crippen LogP contribution < -0.4 is 10.2 Å². The number of benzene rings is 1. The molecule has 0 saturated heterocycles. The Hall–Kier alpha value is -1.40. The molecule has 1 aromatic rings. The minimum Gasteiger partial charge on any atom is -0.545 e. The molecule has 0 spiro atoms. The van der Waals surface area contributed by atoms with Crippen LogP contribution in [0.4, 0.5) is 0 Å². The first-order valence-electron chi connectivity index (χ1n) is 3.67. The van der Waals surface area contributed by atoms with E-state index in [1.807, 2.05) is 0 Å². The zero-order chi connectivity index (χ0) is 10.9. The van der Waals surface area contributed by atoms with Gasteiger partial charge in [-0.25, -0.2) is 13.6 Å². The second-order valence-corrected chi connectivity index (χ2v) is 4.34. The maximum Gasteiger partial charge on any atom is 0.238 e. The van der Waals surface area contributed by atoms with Crippen molar-refractivity contribution >= 4 is 16.0 Å². The molecule has 6 heteroatoms. The number of carbonyl (C=O) groups excluding carboxylic acids is 1. The van der Waals surface area contributed by atoms with Crippen LogP contribution in [0, 0.1) is 6.92 Å². The van der Waals surface area contributed by atoms with E-state index in [0.717, 1.165) is 6.07 Å². The van der Waals surface area contributed by atoms with Gasteiger partial charge in [-0.2, -0.15) is 0 Å². The number of rotatable bonds is 2. The number of hydrogen-bond acceptors (Lipinski definition) is 4. The predicted molar refractivity (Wildman–Crippen MR) is 46.9 cm³/mol. The molecule has 0 atom stereocenters. The number of carboxylic acids is 1. The molecule has 0 bridgehead atoms. The lowest BCUT2D eigenvalue weighted by molar-refractivity contribution is -0.255. The van der Waals surface area contributed by atoms with Gasteiger partial charge in [0, 0.05) is 0 Å². The van der Waals surface area contributed by atoms with Crippen molar-refractivity contribution < 1.29 is 18.3 Å². The second kappa shape index (κ2) is 3.39. The molecular formula is C8H8NO4S-. The standard InChI is InChI=1S/C8H9NO4S/c1-5-2-3-6(8(10)11)4-7(5)14(9,12)13/h2-4H,1H3,(H,10,11)(H2,9,12,13)/p-1. The van der Waals surface area contributed by atoms with Crippen molar-refractivity contribution in [1.82, 2.24) is 0 Å². The van der Waals surface area contributed by atoms with E-state index in [0.29, 0.717) is 5.56 Å². The number of aromatic carboxylic acids is 1. The maximum atomic E-state index is 11.0. The molecule has 0 heterocycles. The van der Waals surface area contributed by atoms with E-state index in [2.05, 4.69) is 0 Å². The molecule has 0 unspecified atom stereocenters. The monoisotopic (exact) mass is 214 g/mol. The van der Waals surface area contributed by atoms with E-state index in [1.54, 1.807) is 0 Å². The third-order valence-electron chi connectivity index (χ3n) is 1.73. The number of nitrogens with two attached hydrogens (primary N) is 1. The van der Waals surface area contributed by atoms with Crippen molar-refractivity contribution in [2.24, 2.45) is 5.14 Å². The van der Waals surface area contributed by atoms with Gasteiger partial charge in [-0.15, -0.1) is 0 Å². The maximum absolute atomic E-state index is 11.0. The molecule has 1 rings (SSSR count). The molecule has 0 aromatic heterocycles. The van der Waals surface area contributed by atoms with Gasteiger partial charge in [0.25, 0.3) is 0 Å². The normalized spacial score (nSPS) is 11.3. The molecule has 1 aromatic carbocycles. The Labute approximate surface area is 81.2 Å². The summed E-state index contributed by atoms with van der Waals surface area (Å²) in [6, 6.07) is 3.62. The highest BCUT2D eigenvalue weighted by atomic mass is 32.2. The largest absolute Gasteiger partial charge is 0.545 e. The lowest BCUT2D eigenvalue weighted by Gasteiger charge is -2.07. The van der Waals surface area contributed by atoms with E-state index in [4.69, 9.17) is 5.14 Å². The number of primary sulfonamides is 1. The summed E-state index contributed by atoms with van der Waals surface area (Å²) in [5.74, 6) is -1.44. The molecule has 0 aliphatic carbocycles. The molecule has 0 saturated carbocycles. The SMILES string of the molecule is Cc1ccc(C(=O)[O-])cc1S(N)(=O)=O. The zero-order valence-electron chi connectivity index (χ0n) is 7.35. The van der Waals surface area contributed by atoms with Gasteiger partial charge >= 0.3 is 0 Å². The summed E-state index contributed by atoms with van der Waals surface area (Å²) in [4.78, 5) is 10.2. The average Bonchev–Trinajstić information content (AvgIpc) is 2.02. The fourth-order valence-electron chi connectivity index (χ4n) is 1.03. The predicted octanol–water partition coefficient (Wildman–Crippen LogP) is -0.994. The number of aryl methyl sites for hydroxylation is 1. The minimum absolute atomic E-state index is 0.195. The van der Waals surface area contributed by atoms with E-state index < -0.39 is 16.0 Å². The highest BCUT2D eigenvalue weighted by molar-refractivity contribution is 7.89. The molecule has 0 aliphatic heterocycles. The minimum atomic E-state index is -3.88. The summed E-state index contributed by atoms with van der Waals surface area (Å²) in [5.41, 5.74) is 0.192. The summed E-state index contributed by atoms with van der Waals surface area (Å²) in [7, 11) is -3.88. The summed E-state index contributed by atoms with van der Waals surface area (Å²) >= 11 is 0. The van der Waals surface area contributed by atoms with Crippen molar-refractivity contribution in [1.29, 1.82) is 0 Å². The van der Waals surface area contributed by atoms with Crippen LogP contribution in [0.25, 0.3) is 0 Å². The van der Waals surface area contributed by atoms with Crippen molar-refractivity contribution in [3.05, 3.63) is 29.3 Å². The topological polar surface area (TPSA) is 100 Å². The summed E-state index contributed by atoms with van der Waals surface area (Å²) in [5, 5.41) is 15.3. The van der Waals surface area contributed by atoms with Crippen LogP contribution in [0.3, 0.4) is 0 Å². The van der Waals surface area contributed by atoms with Crippen LogP contribution in [0.5, 0.6) is 0 Å². The van der Waals surface area contributed by atoms with Gasteiger partial charge in [-0.3, -0.25) is 0 Å². The molecule has 0 fully saturated rings. The number of carboxylic acid groups (broad SMARTS) is 1. The first-order chi connectivity index (χ1) is 6.32. The lowest BCUT2D eigenvalue weighted by atomic mass is 10.1. The van der Waals surface area contributed by atoms with Crippen LogP contribution in [0.2, 0.25) is 0 Å². The first kappa shape index (κ1) is 10.7. The Morgan fingerprint density at radius 3 is 2.43 bits per heavy atom. The van der Waals surface area contributed by atoms with Crippen molar-refractivity contribution in [2.45, 2.75) is 11.8 Å². The number of carbonyl (C=O) groups is 1. The number of hydrogen-bond donors (Lipinski definition) is 1. The quantitative estimate of drug-likeness (QED) is 0.682. The van der Waals surface area contributed by atoms with Crippen molar-refractivity contribution in [3.63, 3.8) is 0 Å². The van der Waals surface area contributed by atoms with Gasteiger partial charge in [0.1, 0.15) is 0 Å². The average molecular weight is 214 g/mol. The third kappa shape index (κ3) is 2.09. The van der Waals surface area contributed by atoms with Crippen LogP contribution in [0.15, 0.2) is 23.1 Å². The van der Waals surface area contributed by atoms with Gasteiger partial charge in [-0.05, 0) is 24.1 Å². The van der Waals surface area contributed by atoms with Gasteiger partial charge in [0.05, 0.1) is 10.9 Å². The van der Waals surface area contributed by atoms with Crippen LogP contribution in [0.1, 0.15) is 15.9 Å². The lowest BCUT2D eigenvalue weighted by Crippen LogP contribution is -2.23. The second-order valence-electron chi connectivity index (χ2n) is 2.81. The van der Waals surface area contributed by atoms with Crippen LogP contribution in [-0.4, -0.2) is 14.4 Å². The Kier molecular flexibility index (Phi) is 2.59. The highest BCUT2D eigenvalue weighted by Crippen LogP contribution is 2.14.